The lowest BCUT2D eigenvalue weighted by atomic mass is 10.1. The molecule has 1 aromatic rings. The molecule has 1 saturated heterocycles. The van der Waals surface area contributed by atoms with Crippen molar-refractivity contribution in [1.82, 2.24) is 62.1 Å². The van der Waals surface area contributed by atoms with E-state index in [2.05, 4.69) is 31.9 Å². The molecule has 0 saturated carbocycles. The van der Waals surface area contributed by atoms with Crippen LogP contribution in [0.2, 0.25) is 10.1 Å². The highest BCUT2D eigenvalue weighted by atomic mass is 28.4. The van der Waals surface area contributed by atoms with Crippen LogP contribution >= 0.6 is 0 Å². The monoisotopic (exact) mass is 1470 g/mol. The number of carboxylic acid groups (broad SMARTS) is 9. The average molecular weight is 1470 g/mol. The molecule has 0 radical (unpaired) electrons. The van der Waals surface area contributed by atoms with Crippen LogP contribution in [0.3, 0.4) is 0 Å². The lowest BCUT2D eigenvalue weighted by Gasteiger charge is -2.44. The van der Waals surface area contributed by atoms with Crippen molar-refractivity contribution in [2.75, 3.05) is 91.6 Å². The lowest BCUT2D eigenvalue weighted by molar-refractivity contribution is -0.145. The molecule has 0 aromatic heterocycles. The quantitative estimate of drug-likeness (QED) is 0.0197. The second-order valence-corrected chi connectivity index (χ2v) is 31.5. The Balaban J connectivity index is 2.13. The molecule has 1 aliphatic heterocycles. The third-order valence-electron chi connectivity index (χ3n) is 16.6. The Morgan fingerprint density at radius 1 is 0.412 bits per heavy atom. The second-order valence-electron chi connectivity index (χ2n) is 26.6. The summed E-state index contributed by atoms with van der Waals surface area (Å²) in [6.07, 6.45) is -4.07. The van der Waals surface area contributed by atoms with Crippen LogP contribution in [0.25, 0.3) is 0 Å². The lowest BCUT2D eigenvalue weighted by Crippen LogP contribution is -2.58. The number of amides is 8. The third-order valence-corrected chi connectivity index (χ3v) is 21.9. The molecule has 2 rings (SSSR count). The number of carbonyl (C=O) groups excluding carboxylic acids is 7. The summed E-state index contributed by atoms with van der Waals surface area (Å²) in [6.45, 7) is 8.55. The zero-order chi connectivity index (χ0) is 77.2. The number of hydrogen-bond acceptors (Lipinski definition) is 20. The molecule has 102 heavy (non-hydrogen) atoms. The van der Waals surface area contributed by atoms with Crippen LogP contribution in [0.1, 0.15) is 135 Å². The maximum absolute atomic E-state index is 17.2. The standard InChI is InChI=1S/C63H99FN12O25Si/c1-62(2,3)102(64,63(4,5)6)39-14-12-38(13-15-39)54(89)70-44(34-67-48(79)20-18-45(60(99)100)76-32-30-74(36-52(85)86)28-26-73(35-51(83)84)27-29-75(31-33-76)37-53(87)88)55(90)69-41(57(93)94)10-7-8-24-65-46(77)21-22-47(78)66-25-9-11-40(56(91)92)68-49(80)19-16-42(58(95)96)71-61(101)72-43(59(97)98)17-23-50(81)82/h12-15,40-45H,7-11,16-37H2,1-6H3,(H,65,77)(H,66,78)(H,67,79)(H,68,80)(H,69,90)(H,70,89)(H,81,82)(H,83,84)(H,85,86)(H,87,88)(H,91,92)(H,93,94)(H,95,96)(H,97,98)(H,99,100)(H2,71,72,101)/t40-,41-,42-,43-,44-,45+/m0/s1. The van der Waals surface area contributed by atoms with Crippen molar-refractivity contribution in [2.45, 2.75) is 171 Å². The van der Waals surface area contributed by atoms with E-state index in [9.17, 15) is 118 Å². The van der Waals surface area contributed by atoms with Gasteiger partial charge in [0.25, 0.3) is 14.3 Å². The molecule has 17 N–H and O–H groups in total. The smallest absolute Gasteiger partial charge is 0.326 e. The van der Waals surface area contributed by atoms with Crippen LogP contribution in [0.5, 0.6) is 0 Å². The number of nitrogens with one attached hydrogen (secondary N) is 8. The molecular weight excluding hydrogens is 1370 g/mol. The van der Waals surface area contributed by atoms with Crippen molar-refractivity contribution in [3.63, 3.8) is 0 Å². The van der Waals surface area contributed by atoms with Crippen molar-refractivity contribution in [3.8, 4) is 0 Å². The van der Waals surface area contributed by atoms with E-state index in [1.54, 1.807) is 41.5 Å². The number of hydrogen-bond donors (Lipinski definition) is 17. The van der Waals surface area contributed by atoms with Gasteiger partial charge in [0.15, 0.2) is 0 Å². The minimum atomic E-state index is -3.81. The number of benzene rings is 1. The Kier molecular flexibility index (Phi) is 37.7. The topological polar surface area (TPSA) is 564 Å². The Hall–Kier alpha value is -9.47. The van der Waals surface area contributed by atoms with Gasteiger partial charge in [0, 0.05) is 110 Å². The number of aliphatic carboxylic acids is 9. The number of unbranched alkanes of at least 4 members (excludes halogenated alkanes) is 1. The van der Waals surface area contributed by atoms with Gasteiger partial charge in [-0.25, -0.2) is 24.0 Å². The molecule has 572 valence electrons. The summed E-state index contributed by atoms with van der Waals surface area (Å²) in [5, 5.41) is 104. The number of carbonyl (C=O) groups is 16. The minimum Gasteiger partial charge on any atom is -0.481 e. The van der Waals surface area contributed by atoms with Crippen LogP contribution in [-0.4, -0.2) is 297 Å². The Labute approximate surface area is 588 Å². The van der Waals surface area contributed by atoms with Crippen LogP contribution in [0.15, 0.2) is 24.3 Å². The molecule has 6 atom stereocenters. The molecule has 1 fully saturated rings. The van der Waals surface area contributed by atoms with Gasteiger partial charge in [-0.3, -0.25) is 72.3 Å². The highest BCUT2D eigenvalue weighted by molar-refractivity contribution is 6.90. The van der Waals surface area contributed by atoms with E-state index in [0.29, 0.717) is 5.19 Å². The van der Waals surface area contributed by atoms with E-state index >= 15 is 4.11 Å². The maximum Gasteiger partial charge on any atom is 0.326 e. The normalized spacial score (nSPS) is 15.6. The molecule has 37 nitrogen and oxygen atoms in total. The summed E-state index contributed by atoms with van der Waals surface area (Å²) in [5.41, 5.74) is -0.0342. The first kappa shape index (κ1) is 88.6. The predicted octanol–water partition coefficient (Wildman–Crippen LogP) is -1.72. The Bertz CT molecular complexity index is 3050. The number of rotatable bonds is 43. The molecule has 1 heterocycles. The molecule has 1 aliphatic rings. The number of carboxylic acids is 9. The van der Waals surface area contributed by atoms with Gasteiger partial charge in [0.05, 0.1) is 19.6 Å². The first-order valence-electron chi connectivity index (χ1n) is 33.0. The van der Waals surface area contributed by atoms with Crippen LogP contribution in [0.4, 0.5) is 8.90 Å². The zero-order valence-corrected chi connectivity index (χ0v) is 59.1. The average Bonchev–Trinajstić information content (AvgIpc) is 0.748. The fourth-order valence-corrected chi connectivity index (χ4v) is 16.0. The highest BCUT2D eigenvalue weighted by Crippen LogP contribution is 2.51. The molecule has 0 spiro atoms. The van der Waals surface area contributed by atoms with Crippen molar-refractivity contribution in [2.24, 2.45) is 0 Å². The van der Waals surface area contributed by atoms with E-state index < -0.39 is 208 Å². The van der Waals surface area contributed by atoms with Gasteiger partial charge in [0.1, 0.15) is 36.3 Å². The van der Waals surface area contributed by atoms with Gasteiger partial charge in [-0.05, 0) is 78.8 Å². The second kappa shape index (κ2) is 43.4. The SMILES string of the molecule is CC(C)(C)[Si](F)(c1ccc(C(=O)N[C@@H](CNC(=O)CC[C@H](C(=O)O)N2CCN(CC(=O)O)CCN(CC(=O)O)CCN(CC(=O)O)CC2)C(=O)N[C@@H](CCCCNC(=O)CCC(=O)NCCC[C@H](NC(=O)CC[C@H](NC(=O)N[C@@H](CCC(=O)O)C(=O)O)C(=O)O)C(=O)O)C(=O)O)cc1)C(C)(C)C. The zero-order valence-electron chi connectivity index (χ0n) is 58.1. The molecule has 0 aliphatic carbocycles. The summed E-state index contributed by atoms with van der Waals surface area (Å²) in [4.78, 5) is 204. The van der Waals surface area contributed by atoms with Gasteiger partial charge in [0.2, 0.25) is 29.5 Å². The summed E-state index contributed by atoms with van der Waals surface area (Å²) in [5.74, 6) is -17.4. The van der Waals surface area contributed by atoms with Crippen LogP contribution in [0, 0.1) is 0 Å². The fraction of sp³-hybridized carbons (Fsp3) is 0.651. The summed E-state index contributed by atoms with van der Waals surface area (Å²) in [7, 11) is -3.81. The summed E-state index contributed by atoms with van der Waals surface area (Å²) >= 11 is 0. The van der Waals surface area contributed by atoms with Gasteiger partial charge < -0.3 is 92.6 Å². The Morgan fingerprint density at radius 3 is 1.23 bits per heavy atom. The van der Waals surface area contributed by atoms with Crippen molar-refractivity contribution in [1.29, 1.82) is 0 Å². The molecular formula is C63H99FN12O25Si. The van der Waals surface area contributed by atoms with Gasteiger partial charge in [-0.15, -0.1) is 0 Å². The number of nitrogens with zero attached hydrogens (tertiary/aromatic N) is 4. The van der Waals surface area contributed by atoms with Gasteiger partial charge >= 0.3 is 59.8 Å². The fourth-order valence-electron chi connectivity index (χ4n) is 11.3. The van der Waals surface area contributed by atoms with Crippen molar-refractivity contribution in [3.05, 3.63) is 29.8 Å². The van der Waals surface area contributed by atoms with E-state index in [0.717, 1.165) is 0 Å². The van der Waals surface area contributed by atoms with E-state index in [1.165, 1.54) is 43.9 Å². The molecule has 0 bridgehead atoms. The van der Waals surface area contributed by atoms with E-state index in [-0.39, 0.29) is 122 Å². The third kappa shape index (κ3) is 32.9. The van der Waals surface area contributed by atoms with Crippen LogP contribution in [-0.2, 0) is 67.1 Å². The van der Waals surface area contributed by atoms with Gasteiger partial charge in [-0.1, -0.05) is 53.7 Å². The van der Waals surface area contributed by atoms with Crippen molar-refractivity contribution < 1.29 is 127 Å². The maximum atomic E-state index is 17.2. The summed E-state index contributed by atoms with van der Waals surface area (Å²) < 4.78 is 17.2. The van der Waals surface area contributed by atoms with Crippen LogP contribution < -0.4 is 47.7 Å². The first-order chi connectivity index (χ1) is 47.5. The number of halogens is 1. The van der Waals surface area contributed by atoms with E-state index in [1.807, 2.05) is 10.6 Å². The largest absolute Gasteiger partial charge is 0.481 e. The minimum absolute atomic E-state index is 0.000572. The van der Waals surface area contributed by atoms with E-state index in [4.69, 9.17) is 5.11 Å². The molecule has 1 aromatic carbocycles. The highest BCUT2D eigenvalue weighted by Gasteiger charge is 2.56. The number of urea groups is 1. The Morgan fingerprint density at radius 2 is 0.804 bits per heavy atom. The van der Waals surface area contributed by atoms with Crippen molar-refractivity contribution >= 4 is 109 Å². The molecule has 39 heteroatoms. The molecule has 8 amide bonds. The summed E-state index contributed by atoms with van der Waals surface area (Å²) in [6, 6.07) is -5.23. The van der Waals surface area contributed by atoms with Gasteiger partial charge in [-0.2, -0.15) is 0 Å². The predicted molar refractivity (Wildman–Crippen MR) is 359 cm³/mol. The first-order valence-corrected chi connectivity index (χ1v) is 34.9. The molecule has 0 unspecified atom stereocenters.